The number of anilines is 2. The van der Waals surface area contributed by atoms with Crippen LogP contribution in [-0.2, 0) is 12.5 Å². The van der Waals surface area contributed by atoms with Crippen molar-refractivity contribution in [2.75, 3.05) is 10.6 Å². The SMILES string of the molecule is Cc1ccc(-n2nc(C(C)(C)C)cc2NC(=O)Nc2ccc(-c3cncc4c3c(C)nn4C)cc2F)cc1F. The molecule has 0 bridgehead atoms. The van der Waals surface area contributed by atoms with Crippen LogP contribution in [0.3, 0.4) is 0 Å². The Morgan fingerprint density at radius 2 is 1.69 bits per heavy atom. The maximum atomic E-state index is 15.2. The second-order valence-corrected chi connectivity index (χ2v) is 10.6. The van der Waals surface area contributed by atoms with Gasteiger partial charge in [-0.05, 0) is 49.2 Å². The first-order chi connectivity index (χ1) is 18.4. The molecule has 2 amide bonds. The average Bonchev–Trinajstić information content (AvgIpc) is 3.43. The number of benzene rings is 2. The molecule has 0 aliphatic carbocycles. The number of amides is 2. The van der Waals surface area contributed by atoms with Crippen molar-refractivity contribution in [1.29, 1.82) is 0 Å². The second kappa shape index (κ2) is 9.61. The Hall–Kier alpha value is -4.60. The fraction of sp³-hybridized carbons (Fsp3) is 0.241. The van der Waals surface area contributed by atoms with Crippen molar-refractivity contribution < 1.29 is 13.6 Å². The number of pyridine rings is 1. The number of fused-ring (bicyclic) bond motifs is 1. The highest BCUT2D eigenvalue weighted by Gasteiger charge is 2.22. The smallest absolute Gasteiger partial charge is 0.305 e. The van der Waals surface area contributed by atoms with E-state index in [0.29, 0.717) is 28.3 Å². The van der Waals surface area contributed by atoms with E-state index in [-0.39, 0.29) is 16.9 Å². The highest BCUT2D eigenvalue weighted by molar-refractivity contribution is 6.00. The van der Waals surface area contributed by atoms with Gasteiger partial charge in [0.25, 0.3) is 0 Å². The largest absolute Gasteiger partial charge is 0.324 e. The van der Waals surface area contributed by atoms with Crippen molar-refractivity contribution in [1.82, 2.24) is 24.5 Å². The zero-order valence-electron chi connectivity index (χ0n) is 22.6. The van der Waals surface area contributed by atoms with E-state index in [0.717, 1.165) is 22.2 Å². The van der Waals surface area contributed by atoms with Gasteiger partial charge in [-0.2, -0.15) is 10.2 Å². The Morgan fingerprint density at radius 1 is 0.923 bits per heavy atom. The third kappa shape index (κ3) is 4.97. The van der Waals surface area contributed by atoms with Crippen LogP contribution in [0.25, 0.3) is 27.7 Å². The summed E-state index contributed by atoms with van der Waals surface area (Å²) in [5.41, 5.74) is 4.34. The van der Waals surface area contributed by atoms with Crippen molar-refractivity contribution in [2.45, 2.75) is 40.0 Å². The van der Waals surface area contributed by atoms with Crippen LogP contribution >= 0.6 is 0 Å². The van der Waals surface area contributed by atoms with E-state index in [9.17, 15) is 9.18 Å². The van der Waals surface area contributed by atoms with E-state index in [2.05, 4.69) is 25.8 Å². The highest BCUT2D eigenvalue weighted by atomic mass is 19.1. The molecule has 10 heteroatoms. The van der Waals surface area contributed by atoms with Gasteiger partial charge in [0.05, 0.1) is 34.5 Å². The summed E-state index contributed by atoms with van der Waals surface area (Å²) in [6.07, 6.45) is 3.39. The van der Waals surface area contributed by atoms with Crippen LogP contribution < -0.4 is 10.6 Å². The number of aryl methyl sites for hydroxylation is 3. The molecule has 0 radical (unpaired) electrons. The summed E-state index contributed by atoms with van der Waals surface area (Å²) in [7, 11) is 1.83. The molecular formula is C29H29F2N7O. The van der Waals surface area contributed by atoms with Gasteiger partial charge in [0, 0.05) is 35.7 Å². The Bertz CT molecular complexity index is 1730. The first kappa shape index (κ1) is 26.0. The van der Waals surface area contributed by atoms with Crippen molar-refractivity contribution in [2.24, 2.45) is 7.05 Å². The second-order valence-electron chi connectivity index (χ2n) is 10.6. The number of carbonyl (C=O) groups excluding carboxylic acids is 1. The van der Waals surface area contributed by atoms with E-state index in [1.54, 1.807) is 48.3 Å². The number of carbonyl (C=O) groups is 1. The lowest BCUT2D eigenvalue weighted by Crippen LogP contribution is -2.22. The molecule has 3 heterocycles. The molecule has 0 fully saturated rings. The summed E-state index contributed by atoms with van der Waals surface area (Å²) in [5.74, 6) is -0.668. The van der Waals surface area contributed by atoms with Gasteiger partial charge < -0.3 is 5.32 Å². The zero-order chi connectivity index (χ0) is 28.1. The van der Waals surface area contributed by atoms with Gasteiger partial charge in [-0.25, -0.2) is 18.3 Å². The van der Waals surface area contributed by atoms with E-state index >= 15 is 4.39 Å². The molecule has 0 saturated carbocycles. The minimum atomic E-state index is -0.664. The number of aromatic nitrogens is 5. The summed E-state index contributed by atoms with van der Waals surface area (Å²) in [6, 6.07) is 10.4. The quantitative estimate of drug-likeness (QED) is 0.273. The third-order valence-corrected chi connectivity index (χ3v) is 6.58. The van der Waals surface area contributed by atoms with E-state index < -0.39 is 11.8 Å². The molecule has 0 aliphatic rings. The van der Waals surface area contributed by atoms with Gasteiger partial charge in [0.2, 0.25) is 0 Å². The standard InChI is InChI=1S/C29H29F2N7O/c1-16-7-9-19(12-21(16)30)38-26(13-25(36-38)29(3,4)5)34-28(39)33-23-10-8-18(11-22(23)31)20-14-32-15-24-27(20)17(2)35-37(24)6/h7-15H,1-6H3,(H2,33,34,39). The molecule has 0 atom stereocenters. The lowest BCUT2D eigenvalue weighted by atomic mass is 9.92. The van der Waals surface area contributed by atoms with Crippen molar-refractivity contribution in [3.8, 4) is 16.8 Å². The molecule has 2 aromatic carbocycles. The number of nitrogens with zero attached hydrogens (tertiary/aromatic N) is 5. The van der Waals surface area contributed by atoms with Crippen molar-refractivity contribution >= 4 is 28.4 Å². The molecule has 5 rings (SSSR count). The lowest BCUT2D eigenvalue weighted by molar-refractivity contribution is 0.262. The van der Waals surface area contributed by atoms with Gasteiger partial charge in [-0.15, -0.1) is 0 Å². The molecule has 3 aromatic heterocycles. The van der Waals surface area contributed by atoms with Gasteiger partial charge in [0.1, 0.15) is 17.5 Å². The first-order valence-electron chi connectivity index (χ1n) is 12.4. The van der Waals surface area contributed by atoms with Crippen LogP contribution in [0.15, 0.2) is 54.9 Å². The number of halogens is 2. The average molecular weight is 530 g/mol. The summed E-state index contributed by atoms with van der Waals surface area (Å²) in [6.45, 7) is 9.52. The summed E-state index contributed by atoms with van der Waals surface area (Å²) >= 11 is 0. The van der Waals surface area contributed by atoms with Crippen molar-refractivity contribution in [3.05, 3.63) is 83.4 Å². The van der Waals surface area contributed by atoms with Gasteiger partial charge >= 0.3 is 6.03 Å². The Morgan fingerprint density at radius 3 is 2.38 bits per heavy atom. The first-order valence-corrected chi connectivity index (χ1v) is 12.4. The topological polar surface area (TPSA) is 89.7 Å². The minimum absolute atomic E-state index is 0.00258. The summed E-state index contributed by atoms with van der Waals surface area (Å²) < 4.78 is 32.7. The van der Waals surface area contributed by atoms with Crippen molar-refractivity contribution in [3.63, 3.8) is 0 Å². The normalized spacial score (nSPS) is 11.7. The zero-order valence-corrected chi connectivity index (χ0v) is 22.6. The van der Waals surface area contributed by atoms with Crippen LogP contribution in [0.1, 0.15) is 37.7 Å². The Balaban J connectivity index is 1.42. The maximum Gasteiger partial charge on any atom is 0.324 e. The number of nitrogens with one attached hydrogen (secondary N) is 2. The molecule has 8 nitrogen and oxygen atoms in total. The van der Waals surface area contributed by atoms with Crippen LogP contribution in [-0.4, -0.2) is 30.6 Å². The highest BCUT2D eigenvalue weighted by Crippen LogP contribution is 2.32. The van der Waals surface area contributed by atoms with Gasteiger partial charge in [-0.3, -0.25) is 15.0 Å². The van der Waals surface area contributed by atoms with E-state index in [1.807, 2.05) is 34.7 Å². The number of hydrogen-bond acceptors (Lipinski definition) is 4. The molecule has 0 unspecified atom stereocenters. The summed E-state index contributed by atoms with van der Waals surface area (Å²) in [4.78, 5) is 17.2. The molecule has 39 heavy (non-hydrogen) atoms. The number of urea groups is 1. The molecule has 5 aromatic rings. The molecule has 0 aliphatic heterocycles. The molecule has 200 valence electrons. The van der Waals surface area contributed by atoms with Crippen LogP contribution in [0.4, 0.5) is 25.1 Å². The third-order valence-electron chi connectivity index (χ3n) is 6.58. The Kier molecular flexibility index (Phi) is 6.41. The van der Waals surface area contributed by atoms with E-state index in [4.69, 9.17) is 0 Å². The van der Waals surface area contributed by atoms with E-state index in [1.165, 1.54) is 22.9 Å². The monoisotopic (exact) mass is 529 g/mol. The van der Waals surface area contributed by atoms with Crippen LogP contribution in [0.2, 0.25) is 0 Å². The van der Waals surface area contributed by atoms with Crippen LogP contribution in [0, 0.1) is 25.5 Å². The fourth-order valence-electron chi connectivity index (χ4n) is 4.42. The number of rotatable bonds is 4. The van der Waals surface area contributed by atoms with Gasteiger partial charge in [0.15, 0.2) is 0 Å². The Labute approximate surface area is 224 Å². The molecule has 2 N–H and O–H groups in total. The molecule has 0 spiro atoms. The predicted octanol–water partition coefficient (Wildman–Crippen LogP) is 6.66. The van der Waals surface area contributed by atoms with Gasteiger partial charge in [-0.1, -0.05) is 32.9 Å². The maximum absolute atomic E-state index is 15.2. The fourth-order valence-corrected chi connectivity index (χ4v) is 4.42. The number of hydrogen-bond donors (Lipinski definition) is 2. The molecular weight excluding hydrogens is 500 g/mol. The minimum Gasteiger partial charge on any atom is -0.305 e. The molecule has 0 saturated heterocycles. The predicted molar refractivity (Wildman–Crippen MR) is 148 cm³/mol. The summed E-state index contributed by atoms with van der Waals surface area (Å²) in [5, 5.41) is 15.2. The van der Waals surface area contributed by atoms with Crippen LogP contribution in [0.5, 0.6) is 0 Å². The lowest BCUT2D eigenvalue weighted by Gasteiger charge is -2.14.